The molecule has 2 atom stereocenters. The highest BCUT2D eigenvalue weighted by atomic mass is 32.2. The third-order valence-corrected chi connectivity index (χ3v) is 9.00. The smallest absolute Gasteiger partial charge is 0.264 e. The normalized spacial score (nSPS) is 20.8. The lowest BCUT2D eigenvalue weighted by Gasteiger charge is -2.34. The van der Waals surface area contributed by atoms with Gasteiger partial charge in [0.15, 0.2) is 0 Å². The summed E-state index contributed by atoms with van der Waals surface area (Å²) in [4.78, 5) is 25.8. The maximum Gasteiger partial charge on any atom is 0.264 e. The Hall–Kier alpha value is -2.81. The number of carbonyl (C=O) groups is 2. The van der Waals surface area contributed by atoms with Crippen LogP contribution in [0.2, 0.25) is 0 Å². The van der Waals surface area contributed by atoms with Crippen molar-refractivity contribution in [2.24, 2.45) is 0 Å². The summed E-state index contributed by atoms with van der Waals surface area (Å²) in [6.45, 7) is 2.27. The van der Waals surface area contributed by atoms with Gasteiger partial charge in [0.1, 0.15) is 6.04 Å². The molecule has 14 heteroatoms. The van der Waals surface area contributed by atoms with Gasteiger partial charge < -0.3 is 10.6 Å². The summed E-state index contributed by atoms with van der Waals surface area (Å²) < 4.78 is 56.6. The SMILES string of the molecule is Cc1ccc(S(=O)(=O)N2CCNC(=O)C2CC(=O)N[C@@H]2CCCc3c2cnn3CCOS(C)(=O)=O)cc1. The predicted octanol–water partition coefficient (Wildman–Crippen LogP) is 0.241. The summed E-state index contributed by atoms with van der Waals surface area (Å²) in [5.74, 6) is -0.961. The van der Waals surface area contributed by atoms with E-state index in [0.717, 1.165) is 33.8 Å². The number of rotatable bonds is 9. The molecule has 1 aliphatic heterocycles. The average Bonchev–Trinajstić information content (AvgIpc) is 3.24. The summed E-state index contributed by atoms with van der Waals surface area (Å²) in [5.41, 5.74) is 2.60. The second kappa shape index (κ2) is 10.9. The lowest BCUT2D eigenvalue weighted by molar-refractivity contribution is -0.132. The molecular formula is C23H31N5O7S2. The first-order valence-corrected chi connectivity index (χ1v) is 15.3. The van der Waals surface area contributed by atoms with Crippen LogP contribution >= 0.6 is 0 Å². The number of aryl methyl sites for hydroxylation is 1. The zero-order valence-corrected chi connectivity index (χ0v) is 22.3. The molecule has 2 heterocycles. The Labute approximate surface area is 216 Å². The Morgan fingerprint density at radius 3 is 2.65 bits per heavy atom. The molecule has 2 amide bonds. The second-order valence-corrected chi connectivity index (χ2v) is 12.8. The topological polar surface area (TPSA) is 157 Å². The molecule has 1 saturated heterocycles. The maximum absolute atomic E-state index is 13.3. The molecule has 4 rings (SSSR count). The number of benzene rings is 1. The maximum atomic E-state index is 13.3. The van der Waals surface area contributed by atoms with Gasteiger partial charge in [0.2, 0.25) is 21.8 Å². The van der Waals surface area contributed by atoms with Crippen molar-refractivity contribution in [3.05, 3.63) is 47.3 Å². The number of piperazine rings is 1. The Morgan fingerprint density at radius 2 is 1.95 bits per heavy atom. The van der Waals surface area contributed by atoms with Crippen LogP contribution in [0.3, 0.4) is 0 Å². The predicted molar refractivity (Wildman–Crippen MR) is 133 cm³/mol. The minimum Gasteiger partial charge on any atom is -0.353 e. The molecular weight excluding hydrogens is 522 g/mol. The van der Waals surface area contributed by atoms with E-state index in [1.54, 1.807) is 23.0 Å². The number of sulfonamides is 1. The van der Waals surface area contributed by atoms with E-state index in [0.29, 0.717) is 12.8 Å². The highest BCUT2D eigenvalue weighted by Gasteiger charge is 2.40. The largest absolute Gasteiger partial charge is 0.353 e. The van der Waals surface area contributed by atoms with Crippen LogP contribution in [0.15, 0.2) is 35.4 Å². The number of nitrogens with one attached hydrogen (secondary N) is 2. The third-order valence-electron chi connectivity index (χ3n) is 6.49. The molecule has 0 saturated carbocycles. The van der Waals surface area contributed by atoms with Crippen molar-refractivity contribution >= 4 is 32.0 Å². The summed E-state index contributed by atoms with van der Waals surface area (Å²) in [6, 6.07) is 4.85. The minimum atomic E-state index is -3.98. The van der Waals surface area contributed by atoms with E-state index >= 15 is 0 Å². The molecule has 1 aromatic heterocycles. The van der Waals surface area contributed by atoms with Crippen LogP contribution in [0.1, 0.15) is 42.1 Å². The van der Waals surface area contributed by atoms with Crippen molar-refractivity contribution in [2.45, 2.75) is 56.1 Å². The first-order chi connectivity index (χ1) is 17.5. The summed E-state index contributed by atoms with van der Waals surface area (Å²) in [6.07, 6.45) is 4.45. The standard InChI is InChI=1S/C23H31N5O7S2/c1-16-6-8-17(9-7-16)37(33,34)28-11-10-24-23(30)21(28)14-22(29)26-19-4-3-5-20-18(19)15-25-27(20)12-13-35-36(2,31)32/h6-9,15,19,21H,3-5,10-14H2,1-2H3,(H,24,30)(H,26,29)/t19-,21?/m1/s1. The Balaban J connectivity index is 1.46. The van der Waals surface area contributed by atoms with Crippen LogP contribution in [-0.4, -0.2) is 74.7 Å². The van der Waals surface area contributed by atoms with Gasteiger partial charge in [0.25, 0.3) is 10.1 Å². The zero-order chi connectivity index (χ0) is 26.8. The lowest BCUT2D eigenvalue weighted by Crippen LogP contribution is -2.58. The molecule has 202 valence electrons. The fourth-order valence-electron chi connectivity index (χ4n) is 4.69. The van der Waals surface area contributed by atoms with Crippen molar-refractivity contribution in [1.82, 2.24) is 24.7 Å². The number of nitrogens with zero attached hydrogens (tertiary/aromatic N) is 3. The number of amides is 2. The van der Waals surface area contributed by atoms with E-state index in [4.69, 9.17) is 4.18 Å². The number of hydrogen-bond acceptors (Lipinski definition) is 8. The summed E-state index contributed by atoms with van der Waals surface area (Å²) >= 11 is 0. The third kappa shape index (κ3) is 6.37. The number of aromatic nitrogens is 2. The van der Waals surface area contributed by atoms with Crippen LogP contribution < -0.4 is 10.6 Å². The van der Waals surface area contributed by atoms with E-state index in [-0.39, 0.29) is 43.6 Å². The van der Waals surface area contributed by atoms with Gasteiger partial charge in [-0.2, -0.15) is 17.8 Å². The van der Waals surface area contributed by atoms with Gasteiger partial charge in [-0.1, -0.05) is 17.7 Å². The van der Waals surface area contributed by atoms with E-state index in [2.05, 4.69) is 15.7 Å². The number of hydrogen-bond donors (Lipinski definition) is 2. The molecule has 2 aromatic rings. The van der Waals surface area contributed by atoms with Crippen molar-refractivity contribution in [2.75, 3.05) is 26.0 Å². The first-order valence-electron chi connectivity index (χ1n) is 12.0. The molecule has 0 radical (unpaired) electrons. The zero-order valence-electron chi connectivity index (χ0n) is 20.7. The summed E-state index contributed by atoms with van der Waals surface area (Å²) in [5, 5.41) is 9.92. The Kier molecular flexibility index (Phi) is 8.02. The van der Waals surface area contributed by atoms with Crippen molar-refractivity contribution < 1.29 is 30.6 Å². The van der Waals surface area contributed by atoms with E-state index in [1.807, 2.05) is 6.92 Å². The second-order valence-electron chi connectivity index (χ2n) is 9.25. The minimum absolute atomic E-state index is 0.0495. The van der Waals surface area contributed by atoms with Crippen molar-refractivity contribution in [3.8, 4) is 0 Å². The number of carbonyl (C=O) groups excluding carboxylic acids is 2. The van der Waals surface area contributed by atoms with E-state index < -0.39 is 38.0 Å². The first kappa shape index (κ1) is 27.2. The highest BCUT2D eigenvalue weighted by Crippen LogP contribution is 2.30. The van der Waals surface area contributed by atoms with E-state index in [1.165, 1.54) is 12.1 Å². The molecule has 37 heavy (non-hydrogen) atoms. The Morgan fingerprint density at radius 1 is 1.22 bits per heavy atom. The van der Waals surface area contributed by atoms with Crippen molar-refractivity contribution in [1.29, 1.82) is 0 Å². The molecule has 0 bridgehead atoms. The molecule has 1 fully saturated rings. The van der Waals surface area contributed by atoms with Crippen LogP contribution in [-0.2, 0) is 46.9 Å². The van der Waals surface area contributed by atoms with Gasteiger partial charge in [-0.15, -0.1) is 0 Å². The average molecular weight is 554 g/mol. The molecule has 2 aliphatic rings. The highest BCUT2D eigenvalue weighted by molar-refractivity contribution is 7.89. The lowest BCUT2D eigenvalue weighted by atomic mass is 9.92. The van der Waals surface area contributed by atoms with Crippen LogP contribution in [0.25, 0.3) is 0 Å². The van der Waals surface area contributed by atoms with Crippen LogP contribution in [0.4, 0.5) is 0 Å². The summed E-state index contributed by atoms with van der Waals surface area (Å²) in [7, 11) is -7.54. The monoisotopic (exact) mass is 553 g/mol. The van der Waals surface area contributed by atoms with Gasteiger partial charge >= 0.3 is 0 Å². The van der Waals surface area contributed by atoms with Crippen LogP contribution in [0, 0.1) is 6.92 Å². The molecule has 12 nitrogen and oxygen atoms in total. The quantitative estimate of drug-likeness (QED) is 0.418. The van der Waals surface area contributed by atoms with Crippen LogP contribution in [0.5, 0.6) is 0 Å². The van der Waals surface area contributed by atoms with Crippen molar-refractivity contribution in [3.63, 3.8) is 0 Å². The van der Waals surface area contributed by atoms with Gasteiger partial charge in [0, 0.05) is 24.3 Å². The molecule has 0 spiro atoms. The molecule has 1 unspecified atom stereocenters. The fraction of sp³-hybridized carbons (Fsp3) is 0.522. The van der Waals surface area contributed by atoms with Gasteiger partial charge in [-0.25, -0.2) is 8.42 Å². The van der Waals surface area contributed by atoms with E-state index in [9.17, 15) is 26.4 Å². The van der Waals surface area contributed by atoms with Gasteiger partial charge in [-0.05, 0) is 38.3 Å². The van der Waals surface area contributed by atoms with Gasteiger partial charge in [-0.3, -0.25) is 18.5 Å². The molecule has 1 aliphatic carbocycles. The Bertz CT molecular complexity index is 1370. The molecule has 2 N–H and O–H groups in total. The molecule has 1 aromatic carbocycles. The fourth-order valence-corrected chi connectivity index (χ4v) is 6.65. The number of fused-ring (bicyclic) bond motifs is 1. The van der Waals surface area contributed by atoms with Gasteiger partial charge in [0.05, 0.1) is 43.0 Å².